The molecule has 0 radical (unpaired) electrons. The van der Waals surface area contributed by atoms with Crippen molar-refractivity contribution in [1.82, 2.24) is 4.90 Å². The van der Waals surface area contributed by atoms with Crippen LogP contribution >= 0.6 is 0 Å². The largest absolute Gasteiger partial charge is 0.393 e. The number of unbranched alkanes of at least 4 members (excludes halogenated alkanes) is 1. The van der Waals surface area contributed by atoms with Gasteiger partial charge in [0.05, 0.1) is 4.92 Å². The first-order chi connectivity index (χ1) is 9.49. The summed E-state index contributed by atoms with van der Waals surface area (Å²) >= 11 is 0. The molecule has 0 amide bonds. The zero-order valence-corrected chi connectivity index (χ0v) is 12.6. The highest BCUT2D eigenvalue weighted by molar-refractivity contribution is 5.59. The number of benzene rings is 1. The Bertz CT molecular complexity index is 449. The third kappa shape index (κ3) is 4.49. The molecule has 112 valence electrons. The lowest BCUT2D eigenvalue weighted by Crippen LogP contribution is -2.33. The summed E-state index contributed by atoms with van der Waals surface area (Å²) in [5.74, 6) is 0. The van der Waals surface area contributed by atoms with E-state index in [1.807, 2.05) is 0 Å². The average molecular weight is 279 g/mol. The van der Waals surface area contributed by atoms with E-state index in [1.165, 1.54) is 6.07 Å². The highest BCUT2D eigenvalue weighted by Gasteiger charge is 2.15. The molecule has 0 heterocycles. The maximum Gasteiger partial charge on any atom is 0.292 e. The Kier molecular flexibility index (Phi) is 6.45. The SMILES string of the molecule is CCCCN(Cc1ccc([N+](=O)[O-])c(N)c1)C(C)CC. The summed E-state index contributed by atoms with van der Waals surface area (Å²) in [6, 6.07) is 5.52. The van der Waals surface area contributed by atoms with Crippen LogP contribution in [0.1, 0.15) is 45.6 Å². The van der Waals surface area contributed by atoms with Gasteiger partial charge in [0, 0.05) is 18.7 Å². The monoisotopic (exact) mass is 279 g/mol. The molecule has 1 atom stereocenters. The van der Waals surface area contributed by atoms with Crippen LogP contribution < -0.4 is 5.73 Å². The Morgan fingerprint density at radius 3 is 2.60 bits per heavy atom. The third-order valence-electron chi connectivity index (χ3n) is 3.69. The zero-order valence-electron chi connectivity index (χ0n) is 12.6. The van der Waals surface area contributed by atoms with Crippen molar-refractivity contribution in [1.29, 1.82) is 0 Å². The lowest BCUT2D eigenvalue weighted by Gasteiger charge is -2.28. The first-order valence-electron chi connectivity index (χ1n) is 7.26. The quantitative estimate of drug-likeness (QED) is 0.448. The summed E-state index contributed by atoms with van der Waals surface area (Å²) in [7, 11) is 0. The molecule has 0 fully saturated rings. The molecule has 0 aliphatic rings. The lowest BCUT2D eigenvalue weighted by atomic mass is 10.1. The molecule has 20 heavy (non-hydrogen) atoms. The molecule has 1 aromatic rings. The van der Waals surface area contributed by atoms with E-state index >= 15 is 0 Å². The first-order valence-corrected chi connectivity index (χ1v) is 7.26. The number of nitro groups is 1. The van der Waals surface area contributed by atoms with Gasteiger partial charge in [0.2, 0.25) is 0 Å². The van der Waals surface area contributed by atoms with Crippen molar-refractivity contribution >= 4 is 11.4 Å². The number of rotatable bonds is 8. The fourth-order valence-corrected chi connectivity index (χ4v) is 2.18. The van der Waals surface area contributed by atoms with Gasteiger partial charge < -0.3 is 5.73 Å². The summed E-state index contributed by atoms with van der Waals surface area (Å²) < 4.78 is 0. The third-order valence-corrected chi connectivity index (χ3v) is 3.69. The van der Waals surface area contributed by atoms with Crippen LogP contribution in [-0.4, -0.2) is 22.4 Å². The van der Waals surface area contributed by atoms with E-state index in [1.54, 1.807) is 12.1 Å². The second-order valence-electron chi connectivity index (χ2n) is 5.23. The molecule has 1 rings (SSSR count). The van der Waals surface area contributed by atoms with Crippen molar-refractivity contribution in [3.05, 3.63) is 33.9 Å². The second kappa shape index (κ2) is 7.85. The van der Waals surface area contributed by atoms with E-state index in [-0.39, 0.29) is 11.4 Å². The van der Waals surface area contributed by atoms with Crippen molar-refractivity contribution in [2.24, 2.45) is 0 Å². The van der Waals surface area contributed by atoms with Gasteiger partial charge in [-0.15, -0.1) is 0 Å². The molecule has 0 saturated carbocycles. The Hall–Kier alpha value is -1.62. The Morgan fingerprint density at radius 2 is 2.10 bits per heavy atom. The molecule has 0 aliphatic carbocycles. The Labute approximate surface area is 120 Å². The number of anilines is 1. The van der Waals surface area contributed by atoms with Crippen LogP contribution in [0.5, 0.6) is 0 Å². The Balaban J connectivity index is 2.82. The van der Waals surface area contributed by atoms with E-state index < -0.39 is 4.92 Å². The van der Waals surface area contributed by atoms with Crippen LogP contribution in [0.2, 0.25) is 0 Å². The molecule has 0 bridgehead atoms. The van der Waals surface area contributed by atoms with Crippen LogP contribution in [0.25, 0.3) is 0 Å². The molecule has 0 spiro atoms. The van der Waals surface area contributed by atoms with E-state index in [0.717, 1.165) is 37.9 Å². The van der Waals surface area contributed by atoms with Crippen molar-refractivity contribution < 1.29 is 4.92 Å². The lowest BCUT2D eigenvalue weighted by molar-refractivity contribution is -0.383. The maximum atomic E-state index is 10.8. The minimum Gasteiger partial charge on any atom is -0.393 e. The normalized spacial score (nSPS) is 12.6. The minimum absolute atomic E-state index is 0.0163. The van der Waals surface area contributed by atoms with Crippen LogP contribution in [0, 0.1) is 10.1 Å². The molecular weight excluding hydrogens is 254 g/mol. The van der Waals surface area contributed by atoms with Gasteiger partial charge in [-0.2, -0.15) is 0 Å². The number of hydrogen-bond donors (Lipinski definition) is 1. The highest BCUT2D eigenvalue weighted by atomic mass is 16.6. The molecule has 0 aromatic heterocycles. The number of nitrogen functional groups attached to an aromatic ring is 1. The van der Waals surface area contributed by atoms with Gasteiger partial charge in [0.15, 0.2) is 0 Å². The second-order valence-corrected chi connectivity index (χ2v) is 5.23. The average Bonchev–Trinajstić information content (AvgIpc) is 2.42. The van der Waals surface area contributed by atoms with Gasteiger partial charge in [-0.1, -0.05) is 26.3 Å². The summed E-state index contributed by atoms with van der Waals surface area (Å²) in [5, 5.41) is 10.8. The van der Waals surface area contributed by atoms with Crippen LogP contribution in [-0.2, 0) is 6.54 Å². The fourth-order valence-electron chi connectivity index (χ4n) is 2.18. The van der Waals surface area contributed by atoms with Crippen LogP contribution in [0.3, 0.4) is 0 Å². The van der Waals surface area contributed by atoms with Gasteiger partial charge >= 0.3 is 0 Å². The fraction of sp³-hybridized carbons (Fsp3) is 0.600. The summed E-state index contributed by atoms with van der Waals surface area (Å²) in [6.45, 7) is 8.40. The topological polar surface area (TPSA) is 72.4 Å². The summed E-state index contributed by atoms with van der Waals surface area (Å²) in [5.41, 5.74) is 7.00. The highest BCUT2D eigenvalue weighted by Crippen LogP contribution is 2.23. The molecule has 1 unspecified atom stereocenters. The summed E-state index contributed by atoms with van der Waals surface area (Å²) in [6.07, 6.45) is 3.41. The van der Waals surface area contributed by atoms with E-state index in [4.69, 9.17) is 5.73 Å². The predicted octanol–water partition coefficient (Wildman–Crippen LogP) is 3.58. The number of nitro benzene ring substituents is 1. The summed E-state index contributed by atoms with van der Waals surface area (Å²) in [4.78, 5) is 12.7. The van der Waals surface area contributed by atoms with Crippen molar-refractivity contribution in [2.45, 2.75) is 52.6 Å². The van der Waals surface area contributed by atoms with E-state index in [9.17, 15) is 10.1 Å². The van der Waals surface area contributed by atoms with Crippen molar-refractivity contribution in [3.63, 3.8) is 0 Å². The molecule has 2 N–H and O–H groups in total. The number of nitrogens with two attached hydrogens (primary N) is 1. The molecular formula is C15H25N3O2. The molecule has 5 nitrogen and oxygen atoms in total. The van der Waals surface area contributed by atoms with Gasteiger partial charge in [-0.3, -0.25) is 15.0 Å². The van der Waals surface area contributed by atoms with E-state index in [2.05, 4.69) is 25.7 Å². The number of nitrogens with zero attached hydrogens (tertiary/aromatic N) is 2. The van der Waals surface area contributed by atoms with Gasteiger partial charge in [0.25, 0.3) is 5.69 Å². The van der Waals surface area contributed by atoms with Crippen LogP contribution in [0.4, 0.5) is 11.4 Å². The van der Waals surface area contributed by atoms with Gasteiger partial charge in [0.1, 0.15) is 5.69 Å². The Morgan fingerprint density at radius 1 is 1.40 bits per heavy atom. The first kappa shape index (κ1) is 16.4. The minimum atomic E-state index is -0.442. The number of hydrogen-bond acceptors (Lipinski definition) is 4. The standard InChI is InChI=1S/C15H25N3O2/c1-4-6-9-17(12(3)5-2)11-13-7-8-15(18(19)20)14(16)10-13/h7-8,10,12H,4-6,9,11,16H2,1-3H3. The van der Waals surface area contributed by atoms with Gasteiger partial charge in [-0.25, -0.2) is 0 Å². The maximum absolute atomic E-state index is 10.8. The molecule has 0 saturated heterocycles. The zero-order chi connectivity index (χ0) is 15.1. The van der Waals surface area contributed by atoms with Gasteiger partial charge in [-0.05, 0) is 37.9 Å². The predicted molar refractivity (Wildman–Crippen MR) is 82.6 cm³/mol. The molecule has 5 heteroatoms. The van der Waals surface area contributed by atoms with Crippen molar-refractivity contribution in [3.8, 4) is 0 Å². The smallest absolute Gasteiger partial charge is 0.292 e. The molecule has 0 aliphatic heterocycles. The van der Waals surface area contributed by atoms with Crippen LogP contribution in [0.15, 0.2) is 18.2 Å². The molecule has 1 aromatic carbocycles. The van der Waals surface area contributed by atoms with E-state index in [0.29, 0.717) is 6.04 Å². The van der Waals surface area contributed by atoms with Crippen molar-refractivity contribution in [2.75, 3.05) is 12.3 Å².